The fourth-order valence-electron chi connectivity index (χ4n) is 2.03. The van der Waals surface area contributed by atoms with Gasteiger partial charge in [0.05, 0.1) is 5.69 Å². The largest absolute Gasteiger partial charge is 0.291 e. The van der Waals surface area contributed by atoms with Gasteiger partial charge in [0.1, 0.15) is 0 Å². The smallest absolute Gasteiger partial charge is 0.0590 e. The first-order valence-corrected chi connectivity index (χ1v) is 7.28. The maximum Gasteiger partial charge on any atom is 0.0590 e. The van der Waals surface area contributed by atoms with Crippen molar-refractivity contribution in [3.8, 4) is 0 Å². The summed E-state index contributed by atoms with van der Waals surface area (Å²) in [5.41, 5.74) is 3.84. The van der Waals surface area contributed by atoms with E-state index in [-0.39, 0.29) is 0 Å². The van der Waals surface area contributed by atoms with E-state index >= 15 is 0 Å². The lowest BCUT2D eigenvalue weighted by atomic mass is 10.2. The summed E-state index contributed by atoms with van der Waals surface area (Å²) in [5, 5.41) is 0. The summed E-state index contributed by atoms with van der Waals surface area (Å²) in [5.74, 6) is 0.972. The molecule has 2 heteroatoms. The quantitative estimate of drug-likeness (QED) is 0.727. The zero-order chi connectivity index (χ0) is 12.9. The van der Waals surface area contributed by atoms with Gasteiger partial charge in [-0.2, -0.15) is 0 Å². The maximum atomic E-state index is 2.24. The Bertz CT molecular complexity index is 602. The van der Waals surface area contributed by atoms with Gasteiger partial charge >= 0.3 is 0 Å². The minimum atomic E-state index is 0.972. The van der Waals surface area contributed by atoms with E-state index in [0.717, 1.165) is 5.75 Å². The van der Waals surface area contributed by atoms with E-state index < -0.39 is 0 Å². The van der Waals surface area contributed by atoms with Crippen LogP contribution in [0.5, 0.6) is 0 Å². The molecule has 19 heavy (non-hydrogen) atoms. The van der Waals surface area contributed by atoms with Crippen molar-refractivity contribution in [2.24, 2.45) is 0 Å². The highest BCUT2D eigenvalue weighted by Gasteiger charge is 2.09. The topological polar surface area (TPSA) is 3.24 Å². The van der Waals surface area contributed by atoms with E-state index in [1.165, 1.54) is 16.8 Å². The van der Waals surface area contributed by atoms with E-state index in [1.807, 2.05) is 11.9 Å². The molecule has 0 aliphatic carbocycles. The fourth-order valence-corrected chi connectivity index (χ4v) is 2.97. The van der Waals surface area contributed by atoms with Crippen molar-refractivity contribution in [2.75, 3.05) is 4.31 Å². The second-order valence-corrected chi connectivity index (χ2v) is 5.28. The van der Waals surface area contributed by atoms with Gasteiger partial charge in [0.2, 0.25) is 0 Å². The Hall–Kier alpha value is -1.93. The summed E-state index contributed by atoms with van der Waals surface area (Å²) in [4.78, 5) is 0. The van der Waals surface area contributed by atoms with Crippen molar-refractivity contribution < 1.29 is 0 Å². The highest BCUT2D eigenvalue weighted by Crippen LogP contribution is 2.31. The first kappa shape index (κ1) is 12.1. The lowest BCUT2D eigenvalue weighted by molar-refractivity contribution is 1.37. The van der Waals surface area contributed by atoms with E-state index in [0.29, 0.717) is 0 Å². The van der Waals surface area contributed by atoms with Crippen molar-refractivity contribution in [1.29, 1.82) is 0 Å². The van der Waals surface area contributed by atoms with Crippen molar-refractivity contribution in [3.63, 3.8) is 0 Å². The maximum absolute atomic E-state index is 2.24. The Morgan fingerprint density at radius 3 is 2.53 bits per heavy atom. The van der Waals surface area contributed by atoms with E-state index in [1.54, 1.807) is 0 Å². The molecule has 0 radical (unpaired) electrons. The van der Waals surface area contributed by atoms with Crippen LogP contribution in [0, 0.1) is 0 Å². The molecule has 0 saturated carbocycles. The van der Waals surface area contributed by atoms with Crippen LogP contribution in [0.15, 0.2) is 72.9 Å². The van der Waals surface area contributed by atoms with Crippen molar-refractivity contribution in [2.45, 2.75) is 5.75 Å². The van der Waals surface area contributed by atoms with Crippen LogP contribution in [-0.4, -0.2) is 0 Å². The molecule has 0 bridgehead atoms. The lowest BCUT2D eigenvalue weighted by Gasteiger charge is -2.20. The van der Waals surface area contributed by atoms with Gasteiger partial charge in [0.25, 0.3) is 0 Å². The second kappa shape index (κ2) is 5.81. The van der Waals surface area contributed by atoms with Gasteiger partial charge in [-0.15, -0.1) is 0 Å². The molecule has 1 nitrogen and oxygen atoms in total. The molecule has 0 fully saturated rings. The molecule has 1 aliphatic heterocycles. The highest BCUT2D eigenvalue weighted by atomic mass is 32.2. The van der Waals surface area contributed by atoms with E-state index in [4.69, 9.17) is 0 Å². The molecule has 0 saturated heterocycles. The molecule has 0 atom stereocenters. The summed E-state index contributed by atoms with van der Waals surface area (Å²) in [6.45, 7) is 0. The van der Waals surface area contributed by atoms with Crippen LogP contribution in [0.25, 0.3) is 6.08 Å². The molecule has 0 N–H and O–H groups in total. The first-order valence-electron chi connectivity index (χ1n) is 6.33. The fraction of sp³-hybridized carbons (Fsp3) is 0.0588. The monoisotopic (exact) mass is 265 g/mol. The molecule has 0 amide bonds. The Balaban J connectivity index is 1.79. The number of hydrogen-bond donors (Lipinski definition) is 0. The van der Waals surface area contributed by atoms with Crippen LogP contribution in [0.1, 0.15) is 11.1 Å². The molecule has 1 heterocycles. The van der Waals surface area contributed by atoms with Crippen LogP contribution < -0.4 is 4.31 Å². The minimum absolute atomic E-state index is 0.972. The van der Waals surface area contributed by atoms with Gasteiger partial charge < -0.3 is 0 Å². The van der Waals surface area contributed by atoms with Crippen LogP contribution in [-0.2, 0) is 5.75 Å². The van der Waals surface area contributed by atoms with Crippen LogP contribution in [0.3, 0.4) is 0 Å². The number of benzene rings is 2. The molecule has 1 aliphatic rings. The zero-order valence-electron chi connectivity index (χ0n) is 10.6. The summed E-state index contributed by atoms with van der Waals surface area (Å²) in [7, 11) is 0. The predicted octanol–water partition coefficient (Wildman–Crippen LogP) is 4.88. The summed E-state index contributed by atoms with van der Waals surface area (Å²) >= 11 is 1.81. The number of allylic oxidation sites excluding steroid dienone is 2. The van der Waals surface area contributed by atoms with Crippen molar-refractivity contribution in [3.05, 3.63) is 84.1 Å². The first-order chi connectivity index (χ1) is 9.43. The number of nitrogens with zero attached hydrogens (tertiary/aromatic N) is 1. The van der Waals surface area contributed by atoms with Gasteiger partial charge in [-0.25, -0.2) is 0 Å². The number of anilines is 1. The third-order valence-corrected chi connectivity index (χ3v) is 4.05. The van der Waals surface area contributed by atoms with Crippen LogP contribution in [0.2, 0.25) is 0 Å². The van der Waals surface area contributed by atoms with Gasteiger partial charge in [0, 0.05) is 12.0 Å². The number of rotatable bonds is 3. The SMILES string of the molecule is C1=Cc2ccccc2N(SCc2ccccc2)C=C1. The zero-order valence-corrected chi connectivity index (χ0v) is 11.4. The average Bonchev–Trinajstić information content (AvgIpc) is 2.68. The molecule has 0 aromatic heterocycles. The summed E-state index contributed by atoms with van der Waals surface area (Å²) < 4.78 is 2.24. The summed E-state index contributed by atoms with van der Waals surface area (Å²) in [6, 6.07) is 19.0. The van der Waals surface area contributed by atoms with Crippen molar-refractivity contribution >= 4 is 23.7 Å². The van der Waals surface area contributed by atoms with E-state index in [2.05, 4.69) is 83.3 Å². The number of para-hydroxylation sites is 1. The Kier molecular flexibility index (Phi) is 3.70. The molecular formula is C17H15NS. The van der Waals surface area contributed by atoms with Crippen LogP contribution >= 0.6 is 11.9 Å². The lowest BCUT2D eigenvalue weighted by Crippen LogP contribution is -2.06. The predicted molar refractivity (Wildman–Crippen MR) is 84.8 cm³/mol. The highest BCUT2D eigenvalue weighted by molar-refractivity contribution is 8.00. The summed E-state index contributed by atoms with van der Waals surface area (Å²) in [6.07, 6.45) is 8.44. The minimum Gasteiger partial charge on any atom is -0.291 e. The average molecular weight is 265 g/mol. The third-order valence-electron chi connectivity index (χ3n) is 3.00. The number of fused-ring (bicyclic) bond motifs is 1. The molecule has 94 valence electrons. The number of hydrogen-bond acceptors (Lipinski definition) is 2. The molecule has 3 rings (SSSR count). The van der Waals surface area contributed by atoms with E-state index in [9.17, 15) is 0 Å². The van der Waals surface area contributed by atoms with Gasteiger partial charge in [-0.1, -0.05) is 60.7 Å². The molecule has 0 spiro atoms. The molecular weight excluding hydrogens is 250 g/mol. The van der Waals surface area contributed by atoms with Gasteiger partial charge in [-0.3, -0.25) is 4.31 Å². The normalized spacial score (nSPS) is 13.2. The van der Waals surface area contributed by atoms with Crippen molar-refractivity contribution in [1.82, 2.24) is 0 Å². The van der Waals surface area contributed by atoms with Gasteiger partial charge in [0.15, 0.2) is 0 Å². The van der Waals surface area contributed by atoms with Crippen LogP contribution in [0.4, 0.5) is 5.69 Å². The molecule has 0 unspecified atom stereocenters. The standard InChI is InChI=1S/C17H15NS/c1-2-8-15(9-3-1)14-19-18-13-7-6-11-16-10-4-5-12-17(16)18/h1-13H,14H2. The molecule has 2 aromatic carbocycles. The Morgan fingerprint density at radius 2 is 1.63 bits per heavy atom. The Labute approximate surface area is 118 Å². The molecule has 2 aromatic rings. The second-order valence-electron chi connectivity index (χ2n) is 4.34. The van der Waals surface area contributed by atoms with Gasteiger partial charge in [-0.05, 0) is 35.2 Å². The Morgan fingerprint density at radius 1 is 0.842 bits per heavy atom. The third kappa shape index (κ3) is 2.91.